The van der Waals surface area contributed by atoms with E-state index < -0.39 is 0 Å². The Morgan fingerprint density at radius 1 is 0.962 bits per heavy atom. The number of anilines is 1. The molecule has 0 bridgehead atoms. The lowest BCUT2D eigenvalue weighted by Gasteiger charge is -2.12. The van der Waals surface area contributed by atoms with E-state index in [1.165, 1.54) is 12.1 Å². The van der Waals surface area contributed by atoms with Crippen molar-refractivity contribution in [2.24, 2.45) is 0 Å². The summed E-state index contributed by atoms with van der Waals surface area (Å²) in [7, 11) is 1.84. The predicted octanol–water partition coefficient (Wildman–Crippen LogP) is 4.85. The number of hydrogen-bond acceptors (Lipinski definition) is 4. The molecule has 0 aliphatic rings. The molecule has 0 radical (unpaired) electrons. The van der Waals surface area contributed by atoms with Gasteiger partial charge in [-0.2, -0.15) is 0 Å². The molecule has 4 aromatic rings. The highest BCUT2D eigenvalue weighted by Gasteiger charge is 2.12. The smallest absolute Gasteiger partial charge is 0.163 e. The maximum Gasteiger partial charge on any atom is 0.163 e. The summed E-state index contributed by atoms with van der Waals surface area (Å²) >= 11 is 0. The van der Waals surface area contributed by atoms with Gasteiger partial charge in [0.1, 0.15) is 11.6 Å². The van der Waals surface area contributed by atoms with Gasteiger partial charge in [0.15, 0.2) is 5.82 Å². The molecule has 2 heterocycles. The molecule has 2 aromatic heterocycles. The van der Waals surface area contributed by atoms with E-state index in [1.807, 2.05) is 32.2 Å². The van der Waals surface area contributed by atoms with Crippen LogP contribution in [0.3, 0.4) is 0 Å². The van der Waals surface area contributed by atoms with Crippen LogP contribution < -0.4 is 5.32 Å². The van der Waals surface area contributed by atoms with Crippen molar-refractivity contribution in [3.05, 3.63) is 72.3 Å². The van der Waals surface area contributed by atoms with Gasteiger partial charge in [-0.3, -0.25) is 4.98 Å². The molecule has 0 saturated heterocycles. The molecule has 0 aliphatic heterocycles. The first-order valence-electron chi connectivity index (χ1n) is 8.32. The first kappa shape index (κ1) is 16.1. The second-order valence-corrected chi connectivity index (χ2v) is 6.08. The Balaban J connectivity index is 1.92. The van der Waals surface area contributed by atoms with E-state index in [2.05, 4.69) is 21.4 Å². The van der Waals surface area contributed by atoms with Gasteiger partial charge in [0, 0.05) is 30.4 Å². The summed E-state index contributed by atoms with van der Waals surface area (Å²) in [6, 6.07) is 14.4. The minimum Gasteiger partial charge on any atom is -0.373 e. The molecule has 0 amide bonds. The average molecular weight is 344 g/mol. The number of aryl methyl sites for hydroxylation is 1. The van der Waals surface area contributed by atoms with Crippen molar-refractivity contribution in [3.63, 3.8) is 0 Å². The van der Waals surface area contributed by atoms with Crippen molar-refractivity contribution in [3.8, 4) is 22.5 Å². The summed E-state index contributed by atoms with van der Waals surface area (Å²) in [6.45, 7) is 2.03. The minimum absolute atomic E-state index is 0.243. The molecule has 4 rings (SSSR count). The number of pyridine rings is 1. The van der Waals surface area contributed by atoms with Crippen molar-refractivity contribution >= 4 is 16.7 Å². The van der Waals surface area contributed by atoms with Crippen molar-refractivity contribution in [2.45, 2.75) is 6.92 Å². The van der Waals surface area contributed by atoms with Crippen LogP contribution in [0.2, 0.25) is 0 Å². The van der Waals surface area contributed by atoms with E-state index in [0.717, 1.165) is 39.0 Å². The monoisotopic (exact) mass is 344 g/mol. The zero-order valence-corrected chi connectivity index (χ0v) is 14.5. The SMILES string of the molecule is CNc1nc(-c2cccnc2)nc2cc(C)c(-c3ccc(F)cc3)cc12. The maximum absolute atomic E-state index is 13.2. The third-order valence-corrected chi connectivity index (χ3v) is 4.35. The number of rotatable bonds is 3. The molecule has 0 saturated carbocycles. The van der Waals surface area contributed by atoms with Gasteiger partial charge < -0.3 is 5.32 Å². The summed E-state index contributed by atoms with van der Waals surface area (Å²) in [5.41, 5.74) is 4.79. The van der Waals surface area contributed by atoms with E-state index in [9.17, 15) is 4.39 Å². The topological polar surface area (TPSA) is 50.7 Å². The molecule has 0 unspecified atom stereocenters. The summed E-state index contributed by atoms with van der Waals surface area (Å²) in [4.78, 5) is 13.5. The fourth-order valence-corrected chi connectivity index (χ4v) is 3.04. The lowest BCUT2D eigenvalue weighted by Crippen LogP contribution is -2.00. The van der Waals surface area contributed by atoms with Crippen molar-refractivity contribution in [2.75, 3.05) is 12.4 Å². The van der Waals surface area contributed by atoms with E-state index in [0.29, 0.717) is 5.82 Å². The van der Waals surface area contributed by atoms with Gasteiger partial charge in [-0.1, -0.05) is 12.1 Å². The molecule has 5 heteroatoms. The zero-order valence-electron chi connectivity index (χ0n) is 14.5. The van der Waals surface area contributed by atoms with E-state index in [4.69, 9.17) is 4.98 Å². The summed E-state index contributed by atoms with van der Waals surface area (Å²) < 4.78 is 13.2. The highest BCUT2D eigenvalue weighted by atomic mass is 19.1. The van der Waals surface area contributed by atoms with Crippen LogP contribution in [0.1, 0.15) is 5.56 Å². The Bertz CT molecular complexity index is 1080. The number of benzene rings is 2. The lowest BCUT2D eigenvalue weighted by molar-refractivity contribution is 0.628. The summed E-state index contributed by atoms with van der Waals surface area (Å²) in [5.74, 6) is 1.13. The Hall–Kier alpha value is -3.34. The molecule has 26 heavy (non-hydrogen) atoms. The number of nitrogens with one attached hydrogen (secondary N) is 1. The van der Waals surface area contributed by atoms with Crippen LogP contribution in [-0.4, -0.2) is 22.0 Å². The van der Waals surface area contributed by atoms with Gasteiger partial charge in [-0.05, 0) is 60.0 Å². The van der Waals surface area contributed by atoms with Crippen LogP contribution in [0.5, 0.6) is 0 Å². The quantitative estimate of drug-likeness (QED) is 0.577. The van der Waals surface area contributed by atoms with Crippen LogP contribution >= 0.6 is 0 Å². The number of fused-ring (bicyclic) bond motifs is 1. The lowest BCUT2D eigenvalue weighted by atomic mass is 9.98. The Kier molecular flexibility index (Phi) is 4.05. The van der Waals surface area contributed by atoms with Gasteiger partial charge in [-0.25, -0.2) is 14.4 Å². The van der Waals surface area contributed by atoms with Gasteiger partial charge in [0.2, 0.25) is 0 Å². The van der Waals surface area contributed by atoms with Crippen molar-refractivity contribution < 1.29 is 4.39 Å². The fourth-order valence-electron chi connectivity index (χ4n) is 3.04. The number of halogens is 1. The van der Waals surface area contributed by atoms with Crippen molar-refractivity contribution in [1.29, 1.82) is 0 Å². The molecule has 2 aromatic carbocycles. The largest absolute Gasteiger partial charge is 0.373 e. The van der Waals surface area contributed by atoms with Crippen LogP contribution in [0.4, 0.5) is 10.2 Å². The normalized spacial score (nSPS) is 10.9. The first-order valence-corrected chi connectivity index (χ1v) is 8.32. The Morgan fingerprint density at radius 2 is 1.77 bits per heavy atom. The zero-order chi connectivity index (χ0) is 18.1. The van der Waals surface area contributed by atoms with E-state index >= 15 is 0 Å². The number of nitrogens with zero attached hydrogens (tertiary/aromatic N) is 3. The Labute approximate surface area is 150 Å². The molecule has 0 aliphatic carbocycles. The molecule has 0 fully saturated rings. The third kappa shape index (κ3) is 2.88. The summed E-state index contributed by atoms with van der Waals surface area (Å²) in [5, 5.41) is 4.08. The molecular weight excluding hydrogens is 327 g/mol. The van der Waals surface area contributed by atoms with E-state index in [1.54, 1.807) is 24.5 Å². The predicted molar refractivity (Wildman–Crippen MR) is 102 cm³/mol. The average Bonchev–Trinajstić information content (AvgIpc) is 2.68. The second kappa shape index (κ2) is 6.52. The molecule has 4 nitrogen and oxygen atoms in total. The highest BCUT2D eigenvalue weighted by Crippen LogP contribution is 2.32. The van der Waals surface area contributed by atoms with Crippen LogP contribution in [-0.2, 0) is 0 Å². The van der Waals surface area contributed by atoms with Crippen LogP contribution in [0.25, 0.3) is 33.4 Å². The maximum atomic E-state index is 13.2. The third-order valence-electron chi connectivity index (χ3n) is 4.35. The second-order valence-electron chi connectivity index (χ2n) is 6.08. The standard InChI is InChI=1S/C21H17FN4/c1-13-10-19-18(11-17(13)14-5-7-16(22)8-6-14)21(23-2)26-20(25-19)15-4-3-9-24-12-15/h3-12H,1-2H3,(H,23,25,26). The molecule has 1 N–H and O–H groups in total. The van der Waals surface area contributed by atoms with Crippen LogP contribution in [0, 0.1) is 12.7 Å². The van der Waals surface area contributed by atoms with Crippen molar-refractivity contribution in [1.82, 2.24) is 15.0 Å². The molecule has 128 valence electrons. The molecular formula is C21H17FN4. The van der Waals surface area contributed by atoms with Gasteiger partial charge in [0.05, 0.1) is 5.52 Å². The minimum atomic E-state index is -0.243. The van der Waals surface area contributed by atoms with Gasteiger partial charge >= 0.3 is 0 Å². The van der Waals surface area contributed by atoms with Gasteiger partial charge in [0.25, 0.3) is 0 Å². The van der Waals surface area contributed by atoms with Gasteiger partial charge in [-0.15, -0.1) is 0 Å². The van der Waals surface area contributed by atoms with E-state index in [-0.39, 0.29) is 5.82 Å². The number of aromatic nitrogens is 3. The number of hydrogen-bond donors (Lipinski definition) is 1. The molecule has 0 atom stereocenters. The first-order chi connectivity index (χ1) is 12.7. The fraction of sp³-hybridized carbons (Fsp3) is 0.0952. The molecule has 0 spiro atoms. The van der Waals surface area contributed by atoms with Crippen LogP contribution in [0.15, 0.2) is 60.9 Å². The summed E-state index contributed by atoms with van der Waals surface area (Å²) in [6.07, 6.45) is 3.48. The Morgan fingerprint density at radius 3 is 2.46 bits per heavy atom. The highest BCUT2D eigenvalue weighted by molar-refractivity contribution is 5.95.